The van der Waals surface area contributed by atoms with E-state index in [1.165, 1.54) is 12.8 Å². The standard InChI is InChI=1S/C19H24N4O2/c1-2-5-18-17(4-1)24-14-16(25-18)13-23-10-6-15(7-11-23)12-22-19-20-8-3-9-21-19/h1-5,8-9,15-16H,6-7,10-14H2,(H,20,21,22)/t16-/m1/s1. The minimum absolute atomic E-state index is 0.113. The summed E-state index contributed by atoms with van der Waals surface area (Å²) in [5.74, 6) is 3.10. The van der Waals surface area contributed by atoms with Crippen LogP contribution in [0.2, 0.25) is 0 Å². The number of nitrogens with zero attached hydrogens (tertiary/aromatic N) is 3. The van der Waals surface area contributed by atoms with Gasteiger partial charge in [-0.3, -0.25) is 4.90 Å². The Morgan fingerprint density at radius 3 is 2.60 bits per heavy atom. The Kier molecular flexibility index (Phi) is 4.97. The third-order valence-electron chi connectivity index (χ3n) is 4.85. The van der Waals surface area contributed by atoms with Crippen molar-refractivity contribution in [2.75, 3.05) is 38.1 Å². The maximum Gasteiger partial charge on any atom is 0.222 e. The van der Waals surface area contributed by atoms with E-state index in [9.17, 15) is 0 Å². The Morgan fingerprint density at radius 2 is 1.80 bits per heavy atom. The first kappa shape index (κ1) is 16.1. The molecule has 0 bridgehead atoms. The van der Waals surface area contributed by atoms with E-state index in [-0.39, 0.29) is 6.10 Å². The molecule has 1 aromatic carbocycles. The maximum absolute atomic E-state index is 6.07. The number of hydrogen-bond donors (Lipinski definition) is 1. The van der Waals surface area contributed by atoms with Crippen LogP contribution in [0.3, 0.4) is 0 Å². The lowest BCUT2D eigenvalue weighted by atomic mass is 9.96. The molecule has 0 saturated carbocycles. The van der Waals surface area contributed by atoms with Gasteiger partial charge in [0, 0.05) is 25.5 Å². The third kappa shape index (κ3) is 4.20. The molecule has 0 amide bonds. The molecule has 1 saturated heterocycles. The van der Waals surface area contributed by atoms with E-state index < -0.39 is 0 Å². The van der Waals surface area contributed by atoms with Gasteiger partial charge in [-0.15, -0.1) is 0 Å². The number of aromatic nitrogens is 2. The van der Waals surface area contributed by atoms with Crippen molar-refractivity contribution in [2.45, 2.75) is 18.9 Å². The van der Waals surface area contributed by atoms with Crippen LogP contribution in [0, 0.1) is 5.92 Å². The first-order chi connectivity index (χ1) is 12.4. The van der Waals surface area contributed by atoms with Gasteiger partial charge >= 0.3 is 0 Å². The highest BCUT2D eigenvalue weighted by Gasteiger charge is 2.26. The van der Waals surface area contributed by atoms with Gasteiger partial charge in [-0.2, -0.15) is 0 Å². The molecule has 132 valence electrons. The lowest BCUT2D eigenvalue weighted by Crippen LogP contribution is -2.44. The van der Waals surface area contributed by atoms with Crippen LogP contribution in [0.5, 0.6) is 11.5 Å². The van der Waals surface area contributed by atoms with E-state index in [4.69, 9.17) is 9.47 Å². The molecule has 2 aliphatic heterocycles. The number of likely N-dealkylation sites (tertiary alicyclic amines) is 1. The Hall–Kier alpha value is -2.34. The highest BCUT2D eigenvalue weighted by atomic mass is 16.6. The van der Waals surface area contributed by atoms with Gasteiger partial charge in [0.25, 0.3) is 0 Å². The Morgan fingerprint density at radius 1 is 1.04 bits per heavy atom. The van der Waals surface area contributed by atoms with E-state index in [1.807, 2.05) is 30.3 Å². The van der Waals surface area contributed by atoms with Crippen molar-refractivity contribution < 1.29 is 9.47 Å². The SMILES string of the molecule is c1cnc(NCC2CCN(C[C@@H]3COc4ccccc4O3)CC2)nc1. The number of nitrogens with one attached hydrogen (secondary N) is 1. The first-order valence-corrected chi connectivity index (χ1v) is 8.98. The summed E-state index contributed by atoms with van der Waals surface area (Å²) in [4.78, 5) is 10.9. The molecule has 2 aromatic rings. The van der Waals surface area contributed by atoms with Crippen LogP contribution in [0.1, 0.15) is 12.8 Å². The summed E-state index contributed by atoms with van der Waals surface area (Å²) in [5.41, 5.74) is 0. The minimum atomic E-state index is 0.113. The van der Waals surface area contributed by atoms with E-state index in [2.05, 4.69) is 20.2 Å². The second-order valence-corrected chi connectivity index (χ2v) is 6.69. The summed E-state index contributed by atoms with van der Waals surface area (Å²) in [6.45, 7) is 4.70. The van der Waals surface area contributed by atoms with Crippen LogP contribution in [-0.4, -0.2) is 53.8 Å². The second-order valence-electron chi connectivity index (χ2n) is 6.69. The summed E-state index contributed by atoms with van der Waals surface area (Å²) in [6, 6.07) is 9.73. The lowest BCUT2D eigenvalue weighted by molar-refractivity contribution is 0.0485. The average Bonchev–Trinajstić information content (AvgIpc) is 2.68. The zero-order valence-corrected chi connectivity index (χ0v) is 14.3. The van der Waals surface area contributed by atoms with Gasteiger partial charge in [0.05, 0.1) is 0 Å². The summed E-state index contributed by atoms with van der Waals surface area (Å²) in [5, 5.41) is 3.34. The van der Waals surface area contributed by atoms with Gasteiger partial charge in [0.15, 0.2) is 11.5 Å². The minimum Gasteiger partial charge on any atom is -0.486 e. The van der Waals surface area contributed by atoms with Gasteiger partial charge in [-0.1, -0.05) is 12.1 Å². The predicted octanol–water partition coefficient (Wildman–Crippen LogP) is 2.44. The number of rotatable bonds is 5. The largest absolute Gasteiger partial charge is 0.486 e. The zero-order chi connectivity index (χ0) is 16.9. The van der Waals surface area contributed by atoms with Gasteiger partial charge in [-0.05, 0) is 50.0 Å². The quantitative estimate of drug-likeness (QED) is 0.902. The molecule has 0 radical (unpaired) electrons. The molecule has 25 heavy (non-hydrogen) atoms. The number of anilines is 1. The smallest absolute Gasteiger partial charge is 0.222 e. The lowest BCUT2D eigenvalue weighted by Gasteiger charge is -2.35. The number of hydrogen-bond acceptors (Lipinski definition) is 6. The number of para-hydroxylation sites is 2. The predicted molar refractivity (Wildman–Crippen MR) is 96.0 cm³/mol. The number of benzene rings is 1. The molecule has 3 heterocycles. The fraction of sp³-hybridized carbons (Fsp3) is 0.474. The Labute approximate surface area is 148 Å². The van der Waals surface area contributed by atoms with Gasteiger partial charge in [-0.25, -0.2) is 9.97 Å². The monoisotopic (exact) mass is 340 g/mol. The van der Waals surface area contributed by atoms with Crippen LogP contribution in [0.4, 0.5) is 5.95 Å². The van der Waals surface area contributed by atoms with Gasteiger partial charge in [0.1, 0.15) is 12.7 Å². The van der Waals surface area contributed by atoms with E-state index >= 15 is 0 Å². The first-order valence-electron chi connectivity index (χ1n) is 8.98. The van der Waals surface area contributed by atoms with Crippen molar-refractivity contribution in [3.8, 4) is 11.5 Å². The van der Waals surface area contributed by atoms with Gasteiger partial charge < -0.3 is 14.8 Å². The van der Waals surface area contributed by atoms with Crippen molar-refractivity contribution >= 4 is 5.95 Å². The topological polar surface area (TPSA) is 59.5 Å². The maximum atomic E-state index is 6.07. The van der Waals surface area contributed by atoms with Crippen molar-refractivity contribution in [1.82, 2.24) is 14.9 Å². The highest BCUT2D eigenvalue weighted by Crippen LogP contribution is 2.31. The van der Waals surface area contributed by atoms with E-state index in [0.29, 0.717) is 12.5 Å². The van der Waals surface area contributed by atoms with Crippen LogP contribution in [-0.2, 0) is 0 Å². The van der Waals surface area contributed by atoms with Gasteiger partial charge in [0.2, 0.25) is 5.95 Å². The normalized spacial score (nSPS) is 21.0. The molecule has 6 heteroatoms. The molecule has 1 atom stereocenters. The summed E-state index contributed by atoms with van der Waals surface area (Å²) >= 11 is 0. The molecule has 0 aliphatic carbocycles. The number of fused-ring (bicyclic) bond motifs is 1. The van der Waals surface area contributed by atoms with Crippen LogP contribution >= 0.6 is 0 Å². The van der Waals surface area contributed by atoms with E-state index in [1.54, 1.807) is 12.4 Å². The van der Waals surface area contributed by atoms with Crippen LogP contribution < -0.4 is 14.8 Å². The van der Waals surface area contributed by atoms with Crippen molar-refractivity contribution in [3.63, 3.8) is 0 Å². The molecule has 0 spiro atoms. The average molecular weight is 340 g/mol. The molecule has 4 rings (SSSR count). The summed E-state index contributed by atoms with van der Waals surface area (Å²) < 4.78 is 11.9. The fourth-order valence-electron chi connectivity index (χ4n) is 3.44. The van der Waals surface area contributed by atoms with Crippen molar-refractivity contribution in [2.24, 2.45) is 5.92 Å². The molecule has 1 N–H and O–H groups in total. The van der Waals surface area contributed by atoms with Crippen molar-refractivity contribution in [1.29, 1.82) is 0 Å². The molecule has 0 unspecified atom stereocenters. The molecule has 1 aromatic heterocycles. The molecule has 1 fully saturated rings. The summed E-state index contributed by atoms with van der Waals surface area (Å²) in [6.07, 6.45) is 6.01. The highest BCUT2D eigenvalue weighted by molar-refractivity contribution is 5.40. The zero-order valence-electron chi connectivity index (χ0n) is 14.3. The van der Waals surface area contributed by atoms with Crippen LogP contribution in [0.25, 0.3) is 0 Å². The molecular weight excluding hydrogens is 316 g/mol. The van der Waals surface area contributed by atoms with Crippen LogP contribution in [0.15, 0.2) is 42.7 Å². The number of ether oxygens (including phenoxy) is 2. The van der Waals surface area contributed by atoms with E-state index in [0.717, 1.165) is 43.6 Å². The molecule has 6 nitrogen and oxygen atoms in total. The summed E-state index contributed by atoms with van der Waals surface area (Å²) in [7, 11) is 0. The molecule has 2 aliphatic rings. The van der Waals surface area contributed by atoms with Crippen molar-refractivity contribution in [3.05, 3.63) is 42.7 Å². The third-order valence-corrected chi connectivity index (χ3v) is 4.85. The Balaban J connectivity index is 1.20. The Bertz CT molecular complexity index is 674. The molecular formula is C19H24N4O2. The second kappa shape index (κ2) is 7.70. The fourth-order valence-corrected chi connectivity index (χ4v) is 3.44. The number of piperidine rings is 1.